The van der Waals surface area contributed by atoms with E-state index in [2.05, 4.69) is 0 Å². The summed E-state index contributed by atoms with van der Waals surface area (Å²) >= 11 is 0. The molecule has 0 aliphatic heterocycles. The van der Waals surface area contributed by atoms with Gasteiger partial charge in [0, 0.05) is 12.8 Å². The van der Waals surface area contributed by atoms with Crippen LogP contribution in [-0.2, 0) is 19.0 Å². The van der Waals surface area contributed by atoms with Gasteiger partial charge in [-0.1, -0.05) is 36.4 Å². The molecule has 7 heteroatoms. The molecule has 0 amide bonds. The SMILES string of the molecule is BC1CC(COC(=O)c2ccccc2)C(OC(=O)c2ccccc2)C1OC(C)=O. The van der Waals surface area contributed by atoms with Crippen LogP contribution in [-0.4, -0.2) is 44.6 Å². The number of ether oxygens (including phenoxy) is 3. The summed E-state index contributed by atoms with van der Waals surface area (Å²) in [7, 11) is 1.93. The monoisotopic (exact) mass is 394 g/mol. The van der Waals surface area contributed by atoms with Gasteiger partial charge in [0.05, 0.1) is 17.7 Å². The summed E-state index contributed by atoms with van der Waals surface area (Å²) in [6, 6.07) is 17.3. The summed E-state index contributed by atoms with van der Waals surface area (Å²) in [5.74, 6) is -1.68. The van der Waals surface area contributed by atoms with Gasteiger partial charge in [-0.15, -0.1) is 0 Å². The maximum Gasteiger partial charge on any atom is 0.338 e. The van der Waals surface area contributed by atoms with Crippen LogP contribution >= 0.6 is 0 Å². The fourth-order valence-corrected chi connectivity index (χ4v) is 3.65. The van der Waals surface area contributed by atoms with Crippen LogP contribution in [0.15, 0.2) is 60.7 Å². The van der Waals surface area contributed by atoms with Crippen LogP contribution in [0.25, 0.3) is 0 Å². The van der Waals surface area contributed by atoms with Gasteiger partial charge in [-0.2, -0.15) is 0 Å². The third-order valence-electron chi connectivity index (χ3n) is 5.02. The third-order valence-corrected chi connectivity index (χ3v) is 5.02. The molecule has 0 spiro atoms. The molecule has 2 aromatic rings. The number of hydrogen-bond acceptors (Lipinski definition) is 6. The molecule has 0 radical (unpaired) electrons. The van der Waals surface area contributed by atoms with Gasteiger partial charge in [0.25, 0.3) is 0 Å². The Morgan fingerprint density at radius 3 is 1.97 bits per heavy atom. The molecule has 150 valence electrons. The predicted molar refractivity (Wildman–Crippen MR) is 108 cm³/mol. The van der Waals surface area contributed by atoms with Crippen LogP contribution in [0, 0.1) is 5.92 Å². The summed E-state index contributed by atoms with van der Waals surface area (Å²) in [4.78, 5) is 36.4. The zero-order valence-electron chi connectivity index (χ0n) is 16.4. The smallest absolute Gasteiger partial charge is 0.338 e. The van der Waals surface area contributed by atoms with Crippen molar-refractivity contribution in [1.29, 1.82) is 0 Å². The van der Waals surface area contributed by atoms with Crippen molar-refractivity contribution in [2.24, 2.45) is 5.92 Å². The summed E-state index contributed by atoms with van der Waals surface area (Å²) in [5.41, 5.74) is 0.863. The third kappa shape index (κ3) is 5.25. The van der Waals surface area contributed by atoms with Crippen LogP contribution in [0.1, 0.15) is 34.1 Å². The molecule has 29 heavy (non-hydrogen) atoms. The van der Waals surface area contributed by atoms with Crippen LogP contribution in [0.4, 0.5) is 0 Å². The Kier molecular flexibility index (Phi) is 6.70. The number of carbonyl (C=O) groups excluding carboxylic acids is 3. The van der Waals surface area contributed by atoms with E-state index in [1.807, 2.05) is 20.0 Å². The van der Waals surface area contributed by atoms with Gasteiger partial charge in [0.1, 0.15) is 20.1 Å². The van der Waals surface area contributed by atoms with Crippen LogP contribution in [0.5, 0.6) is 0 Å². The summed E-state index contributed by atoms with van der Waals surface area (Å²) in [6.45, 7) is 1.40. The number of esters is 3. The second-order valence-corrected chi connectivity index (χ2v) is 7.25. The van der Waals surface area contributed by atoms with E-state index in [1.54, 1.807) is 48.5 Å². The van der Waals surface area contributed by atoms with Gasteiger partial charge in [-0.3, -0.25) is 4.79 Å². The fraction of sp³-hybridized carbons (Fsp3) is 0.318. The van der Waals surface area contributed by atoms with Gasteiger partial charge in [0.15, 0.2) is 0 Å². The number of rotatable bonds is 6. The van der Waals surface area contributed by atoms with Crippen molar-refractivity contribution in [3.05, 3.63) is 71.8 Å². The quantitative estimate of drug-likeness (QED) is 0.426. The molecule has 0 saturated heterocycles. The summed E-state index contributed by atoms with van der Waals surface area (Å²) in [5, 5.41) is 0. The summed E-state index contributed by atoms with van der Waals surface area (Å²) in [6.07, 6.45) is -0.669. The largest absolute Gasteiger partial charge is 0.462 e. The molecule has 1 aliphatic carbocycles. The van der Waals surface area contributed by atoms with Gasteiger partial charge in [-0.25, -0.2) is 9.59 Å². The van der Waals surface area contributed by atoms with Crippen molar-refractivity contribution >= 4 is 25.8 Å². The van der Waals surface area contributed by atoms with E-state index in [9.17, 15) is 14.4 Å². The Labute approximate surface area is 170 Å². The van der Waals surface area contributed by atoms with Crippen LogP contribution in [0.3, 0.4) is 0 Å². The molecule has 0 bridgehead atoms. The molecule has 0 aromatic heterocycles. The second kappa shape index (κ2) is 9.41. The number of benzene rings is 2. The lowest BCUT2D eigenvalue weighted by molar-refractivity contribution is -0.152. The van der Waals surface area contributed by atoms with E-state index in [0.717, 1.165) is 0 Å². The van der Waals surface area contributed by atoms with E-state index in [-0.39, 0.29) is 18.3 Å². The van der Waals surface area contributed by atoms with Crippen molar-refractivity contribution in [2.45, 2.75) is 31.4 Å². The Morgan fingerprint density at radius 2 is 1.41 bits per heavy atom. The molecule has 2 aromatic carbocycles. The first kappa shape index (κ1) is 20.6. The zero-order chi connectivity index (χ0) is 20.8. The van der Waals surface area contributed by atoms with E-state index in [4.69, 9.17) is 14.2 Å². The highest BCUT2D eigenvalue weighted by atomic mass is 16.6. The normalized spacial score (nSPS) is 23.2. The van der Waals surface area contributed by atoms with E-state index >= 15 is 0 Å². The van der Waals surface area contributed by atoms with Crippen LogP contribution < -0.4 is 0 Å². The highest BCUT2D eigenvalue weighted by Gasteiger charge is 2.46. The van der Waals surface area contributed by atoms with Crippen molar-refractivity contribution in [3.8, 4) is 0 Å². The average molecular weight is 394 g/mol. The van der Waals surface area contributed by atoms with E-state index < -0.39 is 30.1 Å². The first-order chi connectivity index (χ1) is 14.0. The molecule has 1 saturated carbocycles. The van der Waals surface area contributed by atoms with Gasteiger partial charge < -0.3 is 14.2 Å². The van der Waals surface area contributed by atoms with Gasteiger partial charge in [0.2, 0.25) is 0 Å². The fourth-order valence-electron chi connectivity index (χ4n) is 3.65. The molecule has 4 atom stereocenters. The lowest BCUT2D eigenvalue weighted by Crippen LogP contribution is -2.37. The second-order valence-electron chi connectivity index (χ2n) is 7.25. The van der Waals surface area contributed by atoms with Crippen molar-refractivity contribution < 1.29 is 28.6 Å². The van der Waals surface area contributed by atoms with Gasteiger partial charge >= 0.3 is 17.9 Å². The standard InChI is InChI=1S/C22H23BO6/c1-14(24)28-20-18(23)12-17(13-27-21(25)15-8-4-2-5-9-15)19(20)29-22(26)16-10-6-3-7-11-16/h2-11,17-20H,12-13,23H2,1H3. The van der Waals surface area contributed by atoms with E-state index in [0.29, 0.717) is 17.5 Å². The molecule has 0 N–H and O–H groups in total. The topological polar surface area (TPSA) is 78.9 Å². The maximum atomic E-state index is 12.6. The minimum Gasteiger partial charge on any atom is -0.462 e. The average Bonchev–Trinajstić information content (AvgIpc) is 3.01. The Balaban J connectivity index is 1.72. The number of hydrogen-bond donors (Lipinski definition) is 0. The first-order valence-corrected chi connectivity index (χ1v) is 9.61. The minimum absolute atomic E-state index is 0.0344. The predicted octanol–water partition coefficient (Wildman–Crippen LogP) is 2.44. The molecular weight excluding hydrogens is 371 g/mol. The van der Waals surface area contributed by atoms with Crippen molar-refractivity contribution in [2.75, 3.05) is 6.61 Å². The Hall–Kier alpha value is -3.09. The zero-order valence-corrected chi connectivity index (χ0v) is 16.4. The Morgan fingerprint density at radius 1 is 0.862 bits per heavy atom. The molecular formula is C22H23BO6. The minimum atomic E-state index is -0.690. The van der Waals surface area contributed by atoms with E-state index in [1.165, 1.54) is 6.92 Å². The maximum absolute atomic E-state index is 12.6. The lowest BCUT2D eigenvalue weighted by atomic mass is 9.83. The van der Waals surface area contributed by atoms with Gasteiger partial charge in [-0.05, 0) is 36.5 Å². The van der Waals surface area contributed by atoms with Crippen molar-refractivity contribution in [3.63, 3.8) is 0 Å². The summed E-state index contributed by atoms with van der Waals surface area (Å²) < 4.78 is 16.6. The molecule has 0 heterocycles. The highest BCUT2D eigenvalue weighted by molar-refractivity contribution is 6.12. The van der Waals surface area contributed by atoms with Crippen LogP contribution in [0.2, 0.25) is 5.82 Å². The first-order valence-electron chi connectivity index (χ1n) is 9.61. The Bertz CT molecular complexity index is 854. The molecule has 1 fully saturated rings. The molecule has 6 nitrogen and oxygen atoms in total. The molecule has 4 unspecified atom stereocenters. The highest BCUT2D eigenvalue weighted by Crippen LogP contribution is 2.39. The molecule has 3 rings (SSSR count). The number of carbonyl (C=O) groups is 3. The lowest BCUT2D eigenvalue weighted by Gasteiger charge is -2.25. The van der Waals surface area contributed by atoms with Crippen molar-refractivity contribution in [1.82, 2.24) is 0 Å². The molecule has 1 aliphatic rings.